The van der Waals surface area contributed by atoms with Gasteiger partial charge in [-0.1, -0.05) is 34.1 Å². The van der Waals surface area contributed by atoms with E-state index >= 15 is 0 Å². The molecule has 0 atom stereocenters. The van der Waals surface area contributed by atoms with Crippen LogP contribution >= 0.6 is 15.9 Å². The average Bonchev–Trinajstić information content (AvgIpc) is 3.01. The zero-order valence-corrected chi connectivity index (χ0v) is 13.9. The van der Waals surface area contributed by atoms with E-state index in [1.807, 2.05) is 36.5 Å². The van der Waals surface area contributed by atoms with Gasteiger partial charge in [-0.3, -0.25) is 4.79 Å². The number of fused-ring (bicyclic) bond motifs is 2. The second kappa shape index (κ2) is 5.74. The number of benzene rings is 2. The molecule has 1 aliphatic heterocycles. The molecule has 0 fully saturated rings. The predicted octanol–water partition coefficient (Wildman–Crippen LogP) is 3.74. The number of halogens is 1. The molecule has 0 saturated heterocycles. The molecule has 0 amide bonds. The van der Waals surface area contributed by atoms with Crippen molar-refractivity contribution in [3.8, 4) is 11.5 Å². The van der Waals surface area contributed by atoms with Crippen molar-refractivity contribution < 1.29 is 9.47 Å². The summed E-state index contributed by atoms with van der Waals surface area (Å²) in [5.41, 5.74) is 1.18. The van der Waals surface area contributed by atoms with E-state index in [2.05, 4.69) is 22.0 Å². The van der Waals surface area contributed by atoms with E-state index in [-0.39, 0.29) is 12.4 Å². The minimum absolute atomic E-state index is 0.00662. The van der Waals surface area contributed by atoms with E-state index in [1.54, 1.807) is 10.6 Å². The van der Waals surface area contributed by atoms with Crippen LogP contribution in [0.15, 0.2) is 57.9 Å². The number of aryl methyl sites for hydroxylation is 2. The van der Waals surface area contributed by atoms with E-state index in [9.17, 15) is 4.79 Å². The summed E-state index contributed by atoms with van der Waals surface area (Å²) in [6.45, 7) is 0.841. The lowest BCUT2D eigenvalue weighted by atomic mass is 10.1. The van der Waals surface area contributed by atoms with E-state index in [0.717, 1.165) is 16.3 Å². The molecule has 4 nitrogen and oxygen atoms in total. The number of rotatable bonds is 3. The number of nitrogens with zero attached hydrogens (tertiary/aromatic N) is 1. The first-order valence-corrected chi connectivity index (χ1v) is 8.18. The number of hydrogen-bond donors (Lipinski definition) is 0. The molecular formula is C18H14BrNO3. The lowest BCUT2D eigenvalue weighted by molar-refractivity contribution is 0.174. The Morgan fingerprint density at radius 1 is 1.09 bits per heavy atom. The second-order valence-corrected chi connectivity index (χ2v) is 6.30. The van der Waals surface area contributed by atoms with Crippen LogP contribution in [0.25, 0.3) is 10.8 Å². The number of pyridine rings is 1. The van der Waals surface area contributed by atoms with Gasteiger partial charge in [0.25, 0.3) is 5.56 Å². The van der Waals surface area contributed by atoms with Gasteiger partial charge in [0.1, 0.15) is 0 Å². The molecule has 2 aromatic carbocycles. The molecule has 23 heavy (non-hydrogen) atoms. The number of aromatic nitrogens is 1. The van der Waals surface area contributed by atoms with Crippen LogP contribution in [0, 0.1) is 0 Å². The summed E-state index contributed by atoms with van der Waals surface area (Å²) in [5, 5.41) is 1.53. The highest BCUT2D eigenvalue weighted by Crippen LogP contribution is 2.34. The Morgan fingerprint density at radius 3 is 2.70 bits per heavy atom. The lowest BCUT2D eigenvalue weighted by Gasteiger charge is -2.09. The molecule has 0 aliphatic carbocycles. The molecule has 4 rings (SSSR count). The third kappa shape index (κ3) is 2.61. The predicted molar refractivity (Wildman–Crippen MR) is 92.2 cm³/mol. The lowest BCUT2D eigenvalue weighted by Crippen LogP contribution is -2.20. The smallest absolute Gasteiger partial charge is 0.258 e. The second-order valence-electron chi connectivity index (χ2n) is 5.45. The highest BCUT2D eigenvalue weighted by molar-refractivity contribution is 9.10. The summed E-state index contributed by atoms with van der Waals surface area (Å²) in [6.07, 6.45) is 2.63. The highest BCUT2D eigenvalue weighted by Gasteiger charge is 2.16. The molecule has 3 aromatic rings. The Hall–Kier alpha value is -2.27. The normalized spacial score (nSPS) is 12.7. The van der Waals surface area contributed by atoms with Crippen LogP contribution in [-0.4, -0.2) is 11.4 Å². The van der Waals surface area contributed by atoms with Crippen LogP contribution in [0.3, 0.4) is 0 Å². The molecule has 116 valence electrons. The Morgan fingerprint density at radius 2 is 1.87 bits per heavy atom. The van der Waals surface area contributed by atoms with Gasteiger partial charge in [-0.15, -0.1) is 0 Å². The standard InChI is InChI=1S/C18H14BrNO3/c19-15-4-2-1-3-12(15)5-7-20-8-6-13-9-16-17(23-11-22-16)10-14(13)18(20)21/h1-4,6,8-10H,5,7,11H2. The Bertz CT molecular complexity index is 949. The maximum Gasteiger partial charge on any atom is 0.258 e. The topological polar surface area (TPSA) is 40.5 Å². The van der Waals surface area contributed by atoms with Gasteiger partial charge in [-0.2, -0.15) is 0 Å². The largest absolute Gasteiger partial charge is 0.454 e. The van der Waals surface area contributed by atoms with Crippen molar-refractivity contribution in [3.63, 3.8) is 0 Å². The summed E-state index contributed by atoms with van der Waals surface area (Å²) in [7, 11) is 0. The van der Waals surface area contributed by atoms with Crippen LogP contribution in [0.1, 0.15) is 5.56 Å². The molecule has 0 N–H and O–H groups in total. The average molecular weight is 372 g/mol. The fraction of sp³-hybridized carbons (Fsp3) is 0.167. The van der Waals surface area contributed by atoms with Gasteiger partial charge < -0.3 is 14.0 Å². The first-order valence-electron chi connectivity index (χ1n) is 7.38. The van der Waals surface area contributed by atoms with Crippen molar-refractivity contribution in [1.29, 1.82) is 0 Å². The van der Waals surface area contributed by atoms with Gasteiger partial charge in [-0.25, -0.2) is 0 Å². The molecule has 0 spiro atoms. The zero-order valence-electron chi connectivity index (χ0n) is 12.3. The molecule has 2 heterocycles. The van der Waals surface area contributed by atoms with Gasteiger partial charge in [0, 0.05) is 17.2 Å². The molecule has 0 saturated carbocycles. The molecule has 0 bridgehead atoms. The Balaban J connectivity index is 1.68. The molecule has 5 heteroatoms. The van der Waals surface area contributed by atoms with Crippen LogP contribution in [-0.2, 0) is 13.0 Å². The molecule has 1 aliphatic rings. The van der Waals surface area contributed by atoms with E-state index in [1.165, 1.54) is 5.56 Å². The zero-order chi connectivity index (χ0) is 15.8. The Kier molecular flexibility index (Phi) is 3.58. The SMILES string of the molecule is O=c1c2cc3c(cc2ccn1CCc1ccccc1Br)OCO3. The molecule has 1 aromatic heterocycles. The van der Waals surface area contributed by atoms with Crippen LogP contribution in [0.5, 0.6) is 11.5 Å². The summed E-state index contributed by atoms with van der Waals surface area (Å²) in [6, 6.07) is 13.6. The number of hydrogen-bond acceptors (Lipinski definition) is 3. The summed E-state index contributed by atoms with van der Waals surface area (Å²) >= 11 is 3.54. The van der Waals surface area contributed by atoms with Crippen molar-refractivity contribution in [3.05, 3.63) is 69.1 Å². The fourth-order valence-corrected chi connectivity index (χ4v) is 3.27. The van der Waals surface area contributed by atoms with Crippen molar-refractivity contribution in [2.24, 2.45) is 0 Å². The maximum atomic E-state index is 12.7. The highest BCUT2D eigenvalue weighted by atomic mass is 79.9. The van der Waals surface area contributed by atoms with Crippen LogP contribution in [0.4, 0.5) is 0 Å². The first kappa shape index (κ1) is 14.3. The maximum absolute atomic E-state index is 12.7. The third-order valence-electron chi connectivity index (χ3n) is 4.05. The van der Waals surface area contributed by atoms with Crippen molar-refractivity contribution in [2.45, 2.75) is 13.0 Å². The third-order valence-corrected chi connectivity index (χ3v) is 4.82. The number of ether oxygens (including phenoxy) is 2. The van der Waals surface area contributed by atoms with E-state index in [4.69, 9.17) is 9.47 Å². The molecule has 0 radical (unpaired) electrons. The van der Waals surface area contributed by atoms with Crippen molar-refractivity contribution >= 4 is 26.7 Å². The van der Waals surface area contributed by atoms with Gasteiger partial charge in [-0.05, 0) is 41.6 Å². The summed E-state index contributed by atoms with van der Waals surface area (Å²) in [4.78, 5) is 12.7. The van der Waals surface area contributed by atoms with Crippen molar-refractivity contribution in [2.75, 3.05) is 6.79 Å². The Labute approximate surface area is 141 Å². The summed E-state index contributed by atoms with van der Waals surface area (Å²) < 4.78 is 13.5. The van der Waals surface area contributed by atoms with E-state index in [0.29, 0.717) is 23.4 Å². The van der Waals surface area contributed by atoms with Crippen LogP contribution in [0.2, 0.25) is 0 Å². The van der Waals surface area contributed by atoms with Crippen LogP contribution < -0.4 is 15.0 Å². The quantitative estimate of drug-likeness (QED) is 0.704. The monoisotopic (exact) mass is 371 g/mol. The minimum Gasteiger partial charge on any atom is -0.454 e. The van der Waals surface area contributed by atoms with E-state index < -0.39 is 0 Å². The van der Waals surface area contributed by atoms with Gasteiger partial charge in [0.2, 0.25) is 6.79 Å². The molecule has 0 unspecified atom stereocenters. The van der Waals surface area contributed by atoms with Gasteiger partial charge in [0.05, 0.1) is 5.39 Å². The molecular weight excluding hydrogens is 358 g/mol. The minimum atomic E-state index is -0.00662. The van der Waals surface area contributed by atoms with Gasteiger partial charge in [0.15, 0.2) is 11.5 Å². The van der Waals surface area contributed by atoms with Gasteiger partial charge >= 0.3 is 0 Å². The summed E-state index contributed by atoms with van der Waals surface area (Å²) in [5.74, 6) is 1.33. The van der Waals surface area contributed by atoms with Crippen molar-refractivity contribution in [1.82, 2.24) is 4.57 Å². The fourth-order valence-electron chi connectivity index (χ4n) is 2.79. The first-order chi connectivity index (χ1) is 11.2.